The molecule has 1 saturated heterocycles. The molecule has 2 aromatic rings. The Balaban J connectivity index is 1.38. The maximum atomic E-state index is 5.34. The molecule has 24 heavy (non-hydrogen) atoms. The number of furan rings is 1. The summed E-state index contributed by atoms with van der Waals surface area (Å²) in [5, 5.41) is 6.78. The van der Waals surface area contributed by atoms with Gasteiger partial charge in [0.2, 0.25) is 0 Å². The molecule has 0 spiro atoms. The van der Waals surface area contributed by atoms with Crippen molar-refractivity contribution in [1.29, 1.82) is 0 Å². The fourth-order valence-electron chi connectivity index (χ4n) is 3.09. The van der Waals surface area contributed by atoms with Crippen LogP contribution in [0.4, 0.5) is 5.69 Å². The third-order valence-corrected chi connectivity index (χ3v) is 4.43. The largest absolute Gasteiger partial charge is 0.469 e. The zero-order valence-corrected chi connectivity index (χ0v) is 14.2. The standard InChI is InChI=1S/C19H26N4O/c1-20-19(21-11-9-18-8-5-13-24-18)22-14-16-10-12-23(15-16)17-6-3-2-4-7-17/h2-8,13,16H,9-12,14-15H2,1H3,(H2,20,21,22). The van der Waals surface area contributed by atoms with E-state index in [1.165, 1.54) is 12.1 Å². The first-order valence-corrected chi connectivity index (χ1v) is 8.62. The molecule has 128 valence electrons. The van der Waals surface area contributed by atoms with Crippen molar-refractivity contribution in [3.8, 4) is 0 Å². The van der Waals surface area contributed by atoms with Crippen molar-refractivity contribution < 1.29 is 4.42 Å². The number of rotatable bonds is 6. The van der Waals surface area contributed by atoms with Gasteiger partial charge in [0.05, 0.1) is 6.26 Å². The minimum absolute atomic E-state index is 0.647. The lowest BCUT2D eigenvalue weighted by Gasteiger charge is -2.19. The van der Waals surface area contributed by atoms with Gasteiger partial charge in [0.15, 0.2) is 5.96 Å². The molecule has 1 fully saturated rings. The smallest absolute Gasteiger partial charge is 0.191 e. The van der Waals surface area contributed by atoms with Gasteiger partial charge in [-0.15, -0.1) is 0 Å². The number of hydrogen-bond donors (Lipinski definition) is 2. The van der Waals surface area contributed by atoms with E-state index in [4.69, 9.17) is 4.42 Å². The average molecular weight is 326 g/mol. The molecule has 1 atom stereocenters. The zero-order chi connectivity index (χ0) is 16.6. The fraction of sp³-hybridized carbons (Fsp3) is 0.421. The van der Waals surface area contributed by atoms with Crippen molar-refractivity contribution in [1.82, 2.24) is 10.6 Å². The summed E-state index contributed by atoms with van der Waals surface area (Å²) in [7, 11) is 1.81. The number of para-hydroxylation sites is 1. The maximum absolute atomic E-state index is 5.34. The van der Waals surface area contributed by atoms with Crippen LogP contribution in [0.15, 0.2) is 58.1 Å². The SMILES string of the molecule is CN=C(NCCc1ccco1)NCC1CCN(c2ccccc2)C1. The molecule has 1 aromatic heterocycles. The summed E-state index contributed by atoms with van der Waals surface area (Å²) in [6, 6.07) is 14.6. The summed E-state index contributed by atoms with van der Waals surface area (Å²) in [5.74, 6) is 2.50. The zero-order valence-electron chi connectivity index (χ0n) is 14.2. The second kappa shape index (κ2) is 8.43. The molecule has 1 aromatic carbocycles. The van der Waals surface area contributed by atoms with Crippen LogP contribution >= 0.6 is 0 Å². The van der Waals surface area contributed by atoms with Gasteiger partial charge in [-0.3, -0.25) is 4.99 Å². The molecule has 0 radical (unpaired) electrons. The number of nitrogens with one attached hydrogen (secondary N) is 2. The Labute approximate surface area is 143 Å². The molecule has 2 N–H and O–H groups in total. The summed E-state index contributed by atoms with van der Waals surface area (Å²) in [4.78, 5) is 6.75. The molecule has 0 bridgehead atoms. The molecule has 0 saturated carbocycles. The van der Waals surface area contributed by atoms with E-state index in [2.05, 4.69) is 50.9 Å². The highest BCUT2D eigenvalue weighted by Gasteiger charge is 2.22. The first kappa shape index (κ1) is 16.4. The fourth-order valence-corrected chi connectivity index (χ4v) is 3.09. The summed E-state index contributed by atoms with van der Waals surface area (Å²) in [5.41, 5.74) is 1.32. The molecule has 3 rings (SSSR count). The van der Waals surface area contributed by atoms with Crippen molar-refractivity contribution in [2.75, 3.05) is 38.1 Å². The molecule has 0 amide bonds. The van der Waals surface area contributed by atoms with E-state index in [1.807, 2.05) is 19.2 Å². The van der Waals surface area contributed by atoms with Gasteiger partial charge in [0.1, 0.15) is 5.76 Å². The van der Waals surface area contributed by atoms with Gasteiger partial charge in [-0.2, -0.15) is 0 Å². The molecule has 5 nitrogen and oxygen atoms in total. The maximum Gasteiger partial charge on any atom is 0.191 e. The molecule has 2 heterocycles. The van der Waals surface area contributed by atoms with E-state index in [9.17, 15) is 0 Å². The lowest BCUT2D eigenvalue weighted by atomic mass is 10.1. The summed E-state index contributed by atoms with van der Waals surface area (Å²) in [6.45, 7) is 3.99. The van der Waals surface area contributed by atoms with E-state index in [0.29, 0.717) is 5.92 Å². The third kappa shape index (κ3) is 4.54. The predicted molar refractivity (Wildman–Crippen MR) is 98.5 cm³/mol. The lowest BCUT2D eigenvalue weighted by Crippen LogP contribution is -2.41. The Morgan fingerprint density at radius 1 is 1.21 bits per heavy atom. The Morgan fingerprint density at radius 3 is 2.83 bits per heavy atom. The van der Waals surface area contributed by atoms with Crippen LogP contribution in [0.1, 0.15) is 12.2 Å². The topological polar surface area (TPSA) is 52.8 Å². The highest BCUT2D eigenvalue weighted by molar-refractivity contribution is 5.79. The summed E-state index contributed by atoms with van der Waals surface area (Å²) in [6.07, 6.45) is 3.78. The van der Waals surface area contributed by atoms with Gasteiger partial charge in [-0.05, 0) is 36.6 Å². The first-order chi connectivity index (χ1) is 11.8. The number of anilines is 1. The van der Waals surface area contributed by atoms with E-state index in [1.54, 1.807) is 6.26 Å². The van der Waals surface area contributed by atoms with Crippen LogP contribution in [0.2, 0.25) is 0 Å². The Kier molecular flexibility index (Phi) is 5.77. The van der Waals surface area contributed by atoms with Crippen LogP contribution < -0.4 is 15.5 Å². The van der Waals surface area contributed by atoms with E-state index in [0.717, 1.165) is 44.3 Å². The van der Waals surface area contributed by atoms with E-state index >= 15 is 0 Å². The van der Waals surface area contributed by atoms with Crippen molar-refractivity contribution in [2.24, 2.45) is 10.9 Å². The van der Waals surface area contributed by atoms with Crippen molar-refractivity contribution in [3.63, 3.8) is 0 Å². The highest BCUT2D eigenvalue weighted by atomic mass is 16.3. The second-order valence-electron chi connectivity index (χ2n) is 6.15. The monoisotopic (exact) mass is 326 g/mol. The van der Waals surface area contributed by atoms with E-state index < -0.39 is 0 Å². The molecule has 1 aliphatic heterocycles. The minimum atomic E-state index is 0.647. The molecule has 5 heteroatoms. The van der Waals surface area contributed by atoms with Crippen molar-refractivity contribution in [3.05, 3.63) is 54.5 Å². The van der Waals surface area contributed by atoms with Gasteiger partial charge >= 0.3 is 0 Å². The van der Waals surface area contributed by atoms with Crippen molar-refractivity contribution in [2.45, 2.75) is 12.8 Å². The van der Waals surface area contributed by atoms with Gasteiger partial charge in [0.25, 0.3) is 0 Å². The average Bonchev–Trinajstić information content (AvgIpc) is 3.30. The number of nitrogens with zero attached hydrogens (tertiary/aromatic N) is 2. The number of benzene rings is 1. The predicted octanol–water partition coefficient (Wildman–Crippen LogP) is 2.51. The molecular formula is C19H26N4O. The van der Waals surface area contributed by atoms with Crippen molar-refractivity contribution >= 4 is 11.6 Å². The molecular weight excluding hydrogens is 300 g/mol. The van der Waals surface area contributed by atoms with Gasteiger partial charge in [-0.1, -0.05) is 18.2 Å². The van der Waals surface area contributed by atoms with Crippen LogP contribution in [0, 0.1) is 5.92 Å². The Morgan fingerprint density at radius 2 is 2.08 bits per heavy atom. The van der Waals surface area contributed by atoms with Crippen LogP contribution in [0.3, 0.4) is 0 Å². The summed E-state index contributed by atoms with van der Waals surface area (Å²) >= 11 is 0. The number of aliphatic imine (C=N–C) groups is 1. The molecule has 0 aliphatic carbocycles. The second-order valence-corrected chi connectivity index (χ2v) is 6.15. The normalized spacial score (nSPS) is 18.0. The molecule has 1 unspecified atom stereocenters. The van der Waals surface area contributed by atoms with Crippen LogP contribution in [0.25, 0.3) is 0 Å². The van der Waals surface area contributed by atoms with Gasteiger partial charge in [-0.25, -0.2) is 0 Å². The summed E-state index contributed by atoms with van der Waals surface area (Å²) < 4.78 is 5.34. The minimum Gasteiger partial charge on any atom is -0.469 e. The quantitative estimate of drug-likeness (QED) is 0.633. The Bertz CT molecular complexity index is 624. The lowest BCUT2D eigenvalue weighted by molar-refractivity contribution is 0.506. The van der Waals surface area contributed by atoms with Crippen LogP contribution in [-0.2, 0) is 6.42 Å². The number of hydrogen-bond acceptors (Lipinski definition) is 3. The van der Waals surface area contributed by atoms with E-state index in [-0.39, 0.29) is 0 Å². The van der Waals surface area contributed by atoms with Crippen LogP contribution in [-0.4, -0.2) is 39.2 Å². The first-order valence-electron chi connectivity index (χ1n) is 8.62. The number of guanidine groups is 1. The highest BCUT2D eigenvalue weighted by Crippen LogP contribution is 2.22. The third-order valence-electron chi connectivity index (χ3n) is 4.43. The van der Waals surface area contributed by atoms with Gasteiger partial charge in [0, 0.05) is 45.3 Å². The molecule has 1 aliphatic rings. The van der Waals surface area contributed by atoms with Gasteiger partial charge < -0.3 is 20.0 Å². The van der Waals surface area contributed by atoms with Crippen LogP contribution in [0.5, 0.6) is 0 Å². The Hall–Kier alpha value is -2.43.